The molecule has 0 spiro atoms. The van der Waals surface area contributed by atoms with Crippen LogP contribution in [0.5, 0.6) is 5.75 Å². The lowest BCUT2D eigenvalue weighted by molar-refractivity contribution is -0.144. The number of hydrogen-bond donors (Lipinski definition) is 0. The lowest BCUT2D eigenvalue weighted by Gasteiger charge is -2.07. The van der Waals surface area contributed by atoms with Crippen molar-refractivity contribution in [2.24, 2.45) is 5.92 Å². The van der Waals surface area contributed by atoms with Gasteiger partial charge in [-0.1, -0.05) is 11.6 Å². The minimum Gasteiger partial charge on any atom is -0.495 e. The molecule has 0 aliphatic heterocycles. The van der Waals surface area contributed by atoms with Crippen LogP contribution < -0.4 is 4.74 Å². The molecule has 1 aliphatic carbocycles. The molecule has 1 aromatic heterocycles. The van der Waals surface area contributed by atoms with E-state index in [1.807, 2.05) is 0 Å². The first-order chi connectivity index (χ1) is 8.17. The largest absolute Gasteiger partial charge is 0.495 e. The van der Waals surface area contributed by atoms with Crippen LogP contribution in [0.2, 0.25) is 5.15 Å². The minimum absolute atomic E-state index is 0.0719. The smallest absolute Gasteiger partial charge is 0.309 e. The quantitative estimate of drug-likeness (QED) is 0.612. The van der Waals surface area contributed by atoms with Crippen molar-refractivity contribution in [2.75, 3.05) is 13.7 Å². The second-order valence-electron chi connectivity index (χ2n) is 3.92. The minimum atomic E-state index is -0.165. The van der Waals surface area contributed by atoms with Crippen LogP contribution in [0.4, 0.5) is 0 Å². The summed E-state index contributed by atoms with van der Waals surface area (Å²) in [5, 5.41) is 0.412. The van der Waals surface area contributed by atoms with E-state index in [1.165, 1.54) is 0 Å². The second kappa shape index (κ2) is 4.92. The summed E-state index contributed by atoms with van der Waals surface area (Å²) in [6.45, 7) is 2.20. The van der Waals surface area contributed by atoms with Crippen LogP contribution in [0.25, 0.3) is 0 Å². The average molecular weight is 256 g/mol. The fourth-order valence-corrected chi connectivity index (χ4v) is 2.04. The topological polar surface area (TPSA) is 48.4 Å². The van der Waals surface area contributed by atoms with Crippen LogP contribution in [-0.4, -0.2) is 24.7 Å². The number of nitrogens with zero attached hydrogens (tertiary/aromatic N) is 1. The molecule has 0 N–H and O–H groups in total. The second-order valence-corrected chi connectivity index (χ2v) is 4.31. The van der Waals surface area contributed by atoms with Gasteiger partial charge in [0.1, 0.15) is 10.9 Å². The number of carbonyl (C=O) groups is 1. The van der Waals surface area contributed by atoms with Crippen molar-refractivity contribution in [3.8, 4) is 5.75 Å². The molecular weight excluding hydrogens is 242 g/mol. The Balaban J connectivity index is 2.14. The van der Waals surface area contributed by atoms with Gasteiger partial charge in [0.15, 0.2) is 0 Å². The van der Waals surface area contributed by atoms with Crippen molar-refractivity contribution in [3.05, 3.63) is 23.0 Å². The van der Waals surface area contributed by atoms with Gasteiger partial charge in [-0.05, 0) is 25.5 Å². The number of rotatable bonds is 4. The molecule has 0 unspecified atom stereocenters. The molecule has 1 aromatic rings. The van der Waals surface area contributed by atoms with Crippen molar-refractivity contribution in [2.45, 2.75) is 19.3 Å². The summed E-state index contributed by atoms with van der Waals surface area (Å²) in [6.07, 6.45) is 0.753. The highest BCUT2D eigenvalue weighted by Crippen LogP contribution is 2.50. The van der Waals surface area contributed by atoms with Gasteiger partial charge in [0.2, 0.25) is 0 Å². The Kier molecular flexibility index (Phi) is 3.52. The summed E-state index contributed by atoms with van der Waals surface area (Å²) in [7, 11) is 1.58. The molecule has 5 heteroatoms. The van der Waals surface area contributed by atoms with Crippen LogP contribution in [0.1, 0.15) is 25.0 Å². The maximum atomic E-state index is 11.5. The fourth-order valence-electron chi connectivity index (χ4n) is 1.88. The molecule has 0 saturated heterocycles. The molecule has 2 rings (SSSR count). The number of esters is 1. The van der Waals surface area contributed by atoms with E-state index in [4.69, 9.17) is 21.1 Å². The third-order valence-corrected chi connectivity index (χ3v) is 3.01. The van der Waals surface area contributed by atoms with Gasteiger partial charge >= 0.3 is 5.97 Å². The number of aromatic nitrogens is 1. The number of ether oxygens (including phenoxy) is 2. The number of pyridine rings is 1. The lowest BCUT2D eigenvalue weighted by atomic mass is 10.2. The highest BCUT2D eigenvalue weighted by atomic mass is 35.5. The number of carbonyl (C=O) groups excluding carboxylic acids is 1. The highest BCUT2D eigenvalue weighted by Gasteiger charge is 2.47. The van der Waals surface area contributed by atoms with E-state index in [1.54, 1.807) is 26.2 Å². The van der Waals surface area contributed by atoms with E-state index in [0.29, 0.717) is 17.5 Å². The first-order valence-corrected chi connectivity index (χ1v) is 5.92. The van der Waals surface area contributed by atoms with E-state index in [2.05, 4.69) is 4.98 Å². The monoisotopic (exact) mass is 255 g/mol. The van der Waals surface area contributed by atoms with Gasteiger partial charge in [0, 0.05) is 5.92 Å². The zero-order valence-electron chi connectivity index (χ0n) is 9.77. The summed E-state index contributed by atoms with van der Waals surface area (Å²) in [5.74, 6) is 0.477. The van der Waals surface area contributed by atoms with Crippen LogP contribution in [0.15, 0.2) is 12.1 Å². The fraction of sp³-hybridized carbons (Fsp3) is 0.500. The highest BCUT2D eigenvalue weighted by molar-refractivity contribution is 6.29. The number of methoxy groups -OCH3 is 1. The Morgan fingerprint density at radius 3 is 3.00 bits per heavy atom. The Hall–Kier alpha value is -1.29. The van der Waals surface area contributed by atoms with Gasteiger partial charge in [0.25, 0.3) is 0 Å². The Bertz CT molecular complexity index is 436. The molecule has 17 heavy (non-hydrogen) atoms. The van der Waals surface area contributed by atoms with E-state index < -0.39 is 0 Å². The Morgan fingerprint density at radius 1 is 1.59 bits per heavy atom. The molecular formula is C12H14ClNO3. The molecule has 1 saturated carbocycles. The van der Waals surface area contributed by atoms with Crippen LogP contribution in [0, 0.1) is 5.92 Å². The van der Waals surface area contributed by atoms with E-state index >= 15 is 0 Å². The summed E-state index contributed by atoms with van der Waals surface area (Å²) in [6, 6.07) is 3.44. The van der Waals surface area contributed by atoms with Crippen molar-refractivity contribution in [3.63, 3.8) is 0 Å². The molecule has 92 valence electrons. The molecule has 1 aliphatic rings. The van der Waals surface area contributed by atoms with Crippen LogP contribution >= 0.6 is 11.6 Å². The zero-order chi connectivity index (χ0) is 12.4. The molecule has 0 aromatic carbocycles. The van der Waals surface area contributed by atoms with Gasteiger partial charge in [-0.3, -0.25) is 4.79 Å². The summed E-state index contributed by atoms with van der Waals surface area (Å²) in [5.41, 5.74) is 0.748. The van der Waals surface area contributed by atoms with E-state index in [9.17, 15) is 4.79 Å². The third kappa shape index (κ3) is 2.52. The molecule has 1 heterocycles. The first-order valence-electron chi connectivity index (χ1n) is 5.54. The maximum absolute atomic E-state index is 11.5. The van der Waals surface area contributed by atoms with Gasteiger partial charge in [-0.25, -0.2) is 4.98 Å². The first kappa shape index (κ1) is 12.2. The molecule has 0 radical (unpaired) electrons. The molecule has 4 nitrogen and oxygen atoms in total. The summed E-state index contributed by atoms with van der Waals surface area (Å²) < 4.78 is 10.2. The van der Waals surface area contributed by atoms with Crippen molar-refractivity contribution < 1.29 is 14.3 Å². The third-order valence-electron chi connectivity index (χ3n) is 2.80. The van der Waals surface area contributed by atoms with Gasteiger partial charge in [-0.2, -0.15) is 0 Å². The summed E-state index contributed by atoms with van der Waals surface area (Å²) in [4.78, 5) is 15.8. The predicted octanol–water partition coefficient (Wildman–Crippen LogP) is 2.41. The van der Waals surface area contributed by atoms with Gasteiger partial charge < -0.3 is 9.47 Å². The standard InChI is InChI=1S/C12H14ClNO3/c1-3-17-12(15)8-6-7(8)11-9(16-2)4-5-10(13)14-11/h4-5,7-8H,3,6H2,1-2H3/t7-,8-/m1/s1. The maximum Gasteiger partial charge on any atom is 0.309 e. The average Bonchev–Trinajstić information content (AvgIpc) is 3.09. The van der Waals surface area contributed by atoms with Crippen molar-refractivity contribution >= 4 is 17.6 Å². The molecule has 2 atom stereocenters. The Labute approximate surface area is 105 Å². The van der Waals surface area contributed by atoms with Crippen LogP contribution in [-0.2, 0) is 9.53 Å². The molecule has 0 bridgehead atoms. The number of hydrogen-bond acceptors (Lipinski definition) is 4. The Morgan fingerprint density at radius 2 is 2.35 bits per heavy atom. The number of halogens is 1. The zero-order valence-corrected chi connectivity index (χ0v) is 10.5. The molecule has 1 fully saturated rings. The predicted molar refractivity (Wildman–Crippen MR) is 63.3 cm³/mol. The van der Waals surface area contributed by atoms with E-state index in [-0.39, 0.29) is 17.8 Å². The normalized spacial score (nSPS) is 22.1. The van der Waals surface area contributed by atoms with E-state index in [0.717, 1.165) is 12.1 Å². The lowest BCUT2D eigenvalue weighted by Crippen LogP contribution is -2.08. The molecule has 0 amide bonds. The van der Waals surface area contributed by atoms with Crippen LogP contribution in [0.3, 0.4) is 0 Å². The van der Waals surface area contributed by atoms with Crippen molar-refractivity contribution in [1.29, 1.82) is 0 Å². The van der Waals surface area contributed by atoms with Crippen molar-refractivity contribution in [1.82, 2.24) is 4.98 Å². The summed E-state index contributed by atoms with van der Waals surface area (Å²) >= 11 is 5.85. The SMILES string of the molecule is CCOC(=O)[C@@H]1C[C@H]1c1nc(Cl)ccc1OC. The van der Waals surface area contributed by atoms with Gasteiger partial charge in [0.05, 0.1) is 25.3 Å². The van der Waals surface area contributed by atoms with Gasteiger partial charge in [-0.15, -0.1) is 0 Å².